The Morgan fingerprint density at radius 3 is 2.32 bits per heavy atom. The lowest BCUT2D eigenvalue weighted by Gasteiger charge is -2.22. The Kier molecular flexibility index (Phi) is 4.14. The molecule has 0 aliphatic carbocycles. The third kappa shape index (κ3) is 3.37. The number of primary amides is 1. The predicted molar refractivity (Wildman–Crippen MR) is 74.2 cm³/mol. The summed E-state index contributed by atoms with van der Waals surface area (Å²) in [6, 6.07) is 2.55. The summed E-state index contributed by atoms with van der Waals surface area (Å²) in [5, 5.41) is 0.234. The Balaban J connectivity index is 3.26. The van der Waals surface area contributed by atoms with Crippen molar-refractivity contribution in [1.82, 2.24) is 4.72 Å². The summed E-state index contributed by atoms with van der Waals surface area (Å²) in [5.41, 5.74) is 10.2. The smallest absolute Gasteiger partial charge is 0.241 e. The number of sulfonamides is 1. The zero-order valence-corrected chi connectivity index (χ0v) is 12.4. The van der Waals surface area contributed by atoms with Gasteiger partial charge in [0.25, 0.3) is 0 Å². The van der Waals surface area contributed by atoms with Gasteiger partial charge in [0.1, 0.15) is 5.54 Å². The van der Waals surface area contributed by atoms with Crippen LogP contribution in [0.15, 0.2) is 17.0 Å². The summed E-state index contributed by atoms with van der Waals surface area (Å²) in [6.45, 7) is 4.41. The van der Waals surface area contributed by atoms with Gasteiger partial charge in [-0.15, -0.1) is 0 Å². The lowest BCUT2D eigenvalue weighted by molar-refractivity contribution is -0.122. The predicted octanol–water partition coefficient (Wildman–Crippen LogP) is 0.773. The minimum atomic E-state index is -3.94. The fourth-order valence-corrected chi connectivity index (χ4v) is 3.01. The molecule has 0 aliphatic heterocycles. The van der Waals surface area contributed by atoms with E-state index in [0.29, 0.717) is 5.56 Å². The van der Waals surface area contributed by atoms with E-state index in [-0.39, 0.29) is 15.6 Å². The molecule has 6 nitrogen and oxygen atoms in total. The van der Waals surface area contributed by atoms with Crippen LogP contribution in [0.4, 0.5) is 5.69 Å². The molecule has 19 heavy (non-hydrogen) atoms. The summed E-state index contributed by atoms with van der Waals surface area (Å²) in [4.78, 5) is 11.0. The average molecular weight is 306 g/mol. The fourth-order valence-electron chi connectivity index (χ4n) is 1.27. The Hall–Kier alpha value is -1.31. The van der Waals surface area contributed by atoms with Gasteiger partial charge in [-0.05, 0) is 38.5 Å². The van der Waals surface area contributed by atoms with Crippen LogP contribution in [0.5, 0.6) is 0 Å². The van der Waals surface area contributed by atoms with Gasteiger partial charge in [-0.3, -0.25) is 4.79 Å². The minimum absolute atomic E-state index is 0.116. The van der Waals surface area contributed by atoms with Crippen LogP contribution >= 0.6 is 11.6 Å². The SMILES string of the molecule is Cc1c(N)cc(S(=O)(=O)NC(C)(C)C(N)=O)cc1Cl. The molecule has 0 spiro atoms. The topological polar surface area (TPSA) is 115 Å². The van der Waals surface area contributed by atoms with Crippen LogP contribution in [0.1, 0.15) is 19.4 Å². The van der Waals surface area contributed by atoms with E-state index >= 15 is 0 Å². The molecule has 0 saturated heterocycles. The van der Waals surface area contributed by atoms with Crippen molar-refractivity contribution < 1.29 is 13.2 Å². The standard InChI is InChI=1S/C11H16ClN3O3S/c1-6-8(12)4-7(5-9(6)13)19(17,18)15-11(2,3)10(14)16/h4-5,15H,13H2,1-3H3,(H2,14,16). The quantitative estimate of drug-likeness (QED) is 0.713. The molecule has 106 valence electrons. The molecule has 1 rings (SSSR count). The fraction of sp³-hybridized carbons (Fsp3) is 0.364. The van der Waals surface area contributed by atoms with Crippen LogP contribution in [0.2, 0.25) is 5.02 Å². The number of nitrogen functional groups attached to an aromatic ring is 1. The number of hydrogen-bond acceptors (Lipinski definition) is 4. The number of nitrogens with one attached hydrogen (secondary N) is 1. The first-order chi connectivity index (χ1) is 8.47. The zero-order chi connectivity index (χ0) is 15.0. The normalized spacial score (nSPS) is 12.4. The maximum Gasteiger partial charge on any atom is 0.241 e. The van der Waals surface area contributed by atoms with E-state index in [1.807, 2.05) is 0 Å². The molecule has 0 radical (unpaired) electrons. The van der Waals surface area contributed by atoms with Crippen molar-refractivity contribution in [3.63, 3.8) is 0 Å². The number of carbonyl (C=O) groups excluding carboxylic acids is 1. The van der Waals surface area contributed by atoms with Gasteiger partial charge in [0.15, 0.2) is 0 Å². The van der Waals surface area contributed by atoms with Crippen molar-refractivity contribution >= 4 is 33.2 Å². The highest BCUT2D eigenvalue weighted by Crippen LogP contribution is 2.26. The first-order valence-corrected chi connectivity index (χ1v) is 7.23. The second-order valence-corrected chi connectivity index (χ2v) is 6.80. The molecule has 0 bridgehead atoms. The van der Waals surface area contributed by atoms with Crippen LogP contribution < -0.4 is 16.2 Å². The zero-order valence-electron chi connectivity index (χ0n) is 10.8. The lowest BCUT2D eigenvalue weighted by Crippen LogP contribution is -2.52. The second kappa shape index (κ2) is 4.99. The van der Waals surface area contributed by atoms with Crippen molar-refractivity contribution in [2.45, 2.75) is 31.2 Å². The van der Waals surface area contributed by atoms with Crippen molar-refractivity contribution in [2.75, 3.05) is 5.73 Å². The van der Waals surface area contributed by atoms with Gasteiger partial charge < -0.3 is 11.5 Å². The van der Waals surface area contributed by atoms with Gasteiger partial charge in [0, 0.05) is 10.7 Å². The van der Waals surface area contributed by atoms with Crippen LogP contribution in [0.3, 0.4) is 0 Å². The van der Waals surface area contributed by atoms with Gasteiger partial charge in [-0.25, -0.2) is 8.42 Å². The summed E-state index contributed by atoms with van der Waals surface area (Å²) < 4.78 is 26.5. The summed E-state index contributed by atoms with van der Waals surface area (Å²) in [5.74, 6) is -0.790. The van der Waals surface area contributed by atoms with Gasteiger partial charge in [0.05, 0.1) is 4.90 Å². The summed E-state index contributed by atoms with van der Waals surface area (Å²) in [6.07, 6.45) is 0. The van der Waals surface area contributed by atoms with Crippen LogP contribution in [0.25, 0.3) is 0 Å². The second-order valence-electron chi connectivity index (χ2n) is 4.71. The molecule has 0 saturated carbocycles. The van der Waals surface area contributed by atoms with E-state index in [1.165, 1.54) is 26.0 Å². The molecule has 0 unspecified atom stereocenters. The molecule has 0 aliphatic rings. The number of amides is 1. The number of hydrogen-bond donors (Lipinski definition) is 3. The summed E-state index contributed by atoms with van der Waals surface area (Å²) in [7, 11) is -3.94. The molecule has 0 aromatic heterocycles. The van der Waals surface area contributed by atoms with Crippen LogP contribution in [0, 0.1) is 6.92 Å². The Bertz CT molecular complexity index is 603. The van der Waals surface area contributed by atoms with E-state index < -0.39 is 21.5 Å². The molecule has 8 heteroatoms. The molecular formula is C11H16ClN3O3S. The van der Waals surface area contributed by atoms with Crippen molar-refractivity contribution in [2.24, 2.45) is 5.73 Å². The Labute approximate surface area is 117 Å². The van der Waals surface area contributed by atoms with E-state index in [2.05, 4.69) is 4.72 Å². The minimum Gasteiger partial charge on any atom is -0.398 e. The number of anilines is 1. The first kappa shape index (κ1) is 15.7. The molecule has 0 atom stereocenters. The Morgan fingerprint density at radius 2 is 1.89 bits per heavy atom. The number of benzene rings is 1. The lowest BCUT2D eigenvalue weighted by atomic mass is 10.1. The van der Waals surface area contributed by atoms with Crippen molar-refractivity contribution in [3.8, 4) is 0 Å². The van der Waals surface area contributed by atoms with Gasteiger partial charge in [-0.2, -0.15) is 4.72 Å². The molecule has 5 N–H and O–H groups in total. The van der Waals surface area contributed by atoms with E-state index in [4.69, 9.17) is 23.1 Å². The van der Waals surface area contributed by atoms with E-state index in [9.17, 15) is 13.2 Å². The first-order valence-electron chi connectivity index (χ1n) is 5.37. The average Bonchev–Trinajstić information content (AvgIpc) is 2.23. The third-order valence-electron chi connectivity index (χ3n) is 2.67. The highest BCUT2D eigenvalue weighted by atomic mass is 35.5. The number of halogens is 1. The highest BCUT2D eigenvalue weighted by molar-refractivity contribution is 7.89. The molecule has 1 aromatic rings. The number of carbonyl (C=O) groups is 1. The Morgan fingerprint density at radius 1 is 1.37 bits per heavy atom. The van der Waals surface area contributed by atoms with Crippen molar-refractivity contribution in [3.05, 3.63) is 22.7 Å². The molecule has 1 aromatic carbocycles. The molecule has 0 fully saturated rings. The third-order valence-corrected chi connectivity index (χ3v) is 4.70. The van der Waals surface area contributed by atoms with Crippen molar-refractivity contribution in [1.29, 1.82) is 0 Å². The molecular weight excluding hydrogens is 290 g/mol. The highest BCUT2D eigenvalue weighted by Gasteiger charge is 2.31. The van der Waals surface area contributed by atoms with Crippen LogP contribution in [-0.2, 0) is 14.8 Å². The maximum atomic E-state index is 12.1. The summed E-state index contributed by atoms with van der Waals surface area (Å²) >= 11 is 5.90. The van der Waals surface area contributed by atoms with Gasteiger partial charge >= 0.3 is 0 Å². The molecule has 0 heterocycles. The van der Waals surface area contributed by atoms with Crippen LogP contribution in [-0.4, -0.2) is 19.9 Å². The number of nitrogens with two attached hydrogens (primary N) is 2. The monoisotopic (exact) mass is 305 g/mol. The van der Waals surface area contributed by atoms with Gasteiger partial charge in [0.2, 0.25) is 15.9 Å². The largest absolute Gasteiger partial charge is 0.398 e. The van der Waals surface area contributed by atoms with E-state index in [1.54, 1.807) is 6.92 Å². The molecule has 1 amide bonds. The van der Waals surface area contributed by atoms with E-state index in [0.717, 1.165) is 0 Å². The maximum absolute atomic E-state index is 12.1. The number of rotatable bonds is 4. The van der Waals surface area contributed by atoms with Gasteiger partial charge in [-0.1, -0.05) is 11.6 Å².